The van der Waals surface area contributed by atoms with E-state index in [1.807, 2.05) is 0 Å². The van der Waals surface area contributed by atoms with Crippen molar-refractivity contribution in [3.63, 3.8) is 0 Å². The van der Waals surface area contributed by atoms with Gasteiger partial charge >= 0.3 is 0 Å². The lowest BCUT2D eigenvalue weighted by Gasteiger charge is -2.28. The predicted octanol–water partition coefficient (Wildman–Crippen LogP) is 3.25. The summed E-state index contributed by atoms with van der Waals surface area (Å²) in [5.41, 5.74) is 1.47. The van der Waals surface area contributed by atoms with Gasteiger partial charge in [0.05, 0.1) is 0 Å². The number of rotatable bonds is 4. The van der Waals surface area contributed by atoms with Gasteiger partial charge in [0.15, 0.2) is 0 Å². The fourth-order valence-electron chi connectivity index (χ4n) is 3.75. The van der Waals surface area contributed by atoms with Gasteiger partial charge in [0, 0.05) is 19.0 Å². The van der Waals surface area contributed by atoms with Crippen molar-refractivity contribution in [2.75, 3.05) is 13.1 Å². The van der Waals surface area contributed by atoms with Gasteiger partial charge in [0.25, 0.3) is 0 Å². The Morgan fingerprint density at radius 2 is 1.82 bits per heavy atom. The van der Waals surface area contributed by atoms with Gasteiger partial charge < -0.3 is 10.6 Å². The SMILES string of the molecule is Cl.O=C(CC1CCC(c2ccccc2)CC1)NC1CCNC1. The van der Waals surface area contributed by atoms with Gasteiger partial charge in [-0.05, 0) is 56.0 Å². The third kappa shape index (κ3) is 4.72. The second-order valence-electron chi connectivity index (χ2n) is 6.59. The van der Waals surface area contributed by atoms with Crippen molar-refractivity contribution in [1.82, 2.24) is 10.6 Å². The van der Waals surface area contributed by atoms with Crippen LogP contribution in [0.4, 0.5) is 0 Å². The molecule has 0 radical (unpaired) electrons. The van der Waals surface area contributed by atoms with E-state index in [1.54, 1.807) is 0 Å². The molecule has 1 heterocycles. The number of halogens is 1. The van der Waals surface area contributed by atoms with Gasteiger partial charge in [0.2, 0.25) is 5.91 Å². The smallest absolute Gasteiger partial charge is 0.220 e. The molecule has 2 aliphatic rings. The third-order valence-electron chi connectivity index (χ3n) is 5.02. The zero-order valence-electron chi connectivity index (χ0n) is 13.1. The van der Waals surface area contributed by atoms with Gasteiger partial charge in [-0.3, -0.25) is 4.79 Å². The van der Waals surface area contributed by atoms with Gasteiger partial charge in [-0.25, -0.2) is 0 Å². The molecular formula is C18H27ClN2O. The standard InChI is InChI=1S/C18H26N2O.ClH/c21-18(20-17-10-11-19-13-17)12-14-6-8-16(9-7-14)15-4-2-1-3-5-15;/h1-5,14,16-17,19H,6-13H2,(H,20,21);1H. The molecule has 0 bridgehead atoms. The van der Waals surface area contributed by atoms with Crippen molar-refractivity contribution in [3.05, 3.63) is 35.9 Å². The van der Waals surface area contributed by atoms with Crippen molar-refractivity contribution in [1.29, 1.82) is 0 Å². The lowest BCUT2D eigenvalue weighted by Crippen LogP contribution is -2.37. The summed E-state index contributed by atoms with van der Waals surface area (Å²) >= 11 is 0. The predicted molar refractivity (Wildman–Crippen MR) is 92.4 cm³/mol. The minimum Gasteiger partial charge on any atom is -0.352 e. The molecule has 3 rings (SSSR count). The average Bonchev–Trinajstić information content (AvgIpc) is 3.02. The summed E-state index contributed by atoms with van der Waals surface area (Å²) in [5.74, 6) is 1.54. The molecule has 4 heteroatoms. The van der Waals surface area contributed by atoms with Gasteiger partial charge in [-0.2, -0.15) is 0 Å². The van der Waals surface area contributed by atoms with E-state index < -0.39 is 0 Å². The molecule has 22 heavy (non-hydrogen) atoms. The Morgan fingerprint density at radius 3 is 2.45 bits per heavy atom. The molecule has 1 aliphatic carbocycles. The highest BCUT2D eigenvalue weighted by molar-refractivity contribution is 5.85. The van der Waals surface area contributed by atoms with E-state index in [-0.39, 0.29) is 18.3 Å². The number of hydrogen-bond acceptors (Lipinski definition) is 2. The Balaban J connectivity index is 0.00000176. The molecule has 1 aromatic rings. The molecular weight excluding hydrogens is 296 g/mol. The molecule has 1 unspecified atom stereocenters. The van der Waals surface area contributed by atoms with Gasteiger partial charge in [-0.1, -0.05) is 30.3 Å². The van der Waals surface area contributed by atoms with Crippen LogP contribution in [0.3, 0.4) is 0 Å². The largest absolute Gasteiger partial charge is 0.352 e. The molecule has 122 valence electrons. The van der Waals surface area contributed by atoms with Crippen LogP contribution in [0.1, 0.15) is 50.0 Å². The van der Waals surface area contributed by atoms with E-state index in [0.717, 1.165) is 25.9 Å². The Kier molecular flexibility index (Phi) is 6.71. The molecule has 1 saturated carbocycles. The van der Waals surface area contributed by atoms with Crippen molar-refractivity contribution in [2.24, 2.45) is 5.92 Å². The molecule has 2 N–H and O–H groups in total. The highest BCUT2D eigenvalue weighted by Gasteiger charge is 2.25. The topological polar surface area (TPSA) is 41.1 Å². The molecule has 1 saturated heterocycles. The van der Waals surface area contributed by atoms with Crippen LogP contribution in [0.5, 0.6) is 0 Å². The first-order valence-electron chi connectivity index (χ1n) is 8.36. The molecule has 1 aromatic carbocycles. The van der Waals surface area contributed by atoms with Crippen LogP contribution in [0.2, 0.25) is 0 Å². The third-order valence-corrected chi connectivity index (χ3v) is 5.02. The quantitative estimate of drug-likeness (QED) is 0.893. The Bertz CT molecular complexity index is 451. The van der Waals surface area contributed by atoms with E-state index >= 15 is 0 Å². The van der Waals surface area contributed by atoms with Crippen molar-refractivity contribution in [2.45, 2.75) is 50.5 Å². The van der Waals surface area contributed by atoms with Crippen molar-refractivity contribution in [3.8, 4) is 0 Å². The van der Waals surface area contributed by atoms with Crippen LogP contribution in [0.15, 0.2) is 30.3 Å². The minimum atomic E-state index is 0. The van der Waals surface area contributed by atoms with E-state index in [1.165, 1.54) is 31.2 Å². The molecule has 1 amide bonds. The summed E-state index contributed by atoms with van der Waals surface area (Å²) in [4.78, 5) is 12.1. The summed E-state index contributed by atoms with van der Waals surface area (Å²) in [5, 5.41) is 6.46. The molecule has 1 atom stereocenters. The summed E-state index contributed by atoms with van der Waals surface area (Å²) in [6.07, 6.45) is 6.64. The Morgan fingerprint density at radius 1 is 1.09 bits per heavy atom. The molecule has 0 aromatic heterocycles. The molecule has 3 nitrogen and oxygen atoms in total. The number of nitrogens with one attached hydrogen (secondary N) is 2. The summed E-state index contributed by atoms with van der Waals surface area (Å²) in [7, 11) is 0. The maximum absolute atomic E-state index is 12.1. The first-order chi connectivity index (χ1) is 10.3. The maximum Gasteiger partial charge on any atom is 0.220 e. The molecule has 0 spiro atoms. The Labute approximate surface area is 139 Å². The number of carbonyl (C=O) groups is 1. The number of carbonyl (C=O) groups excluding carboxylic acids is 1. The maximum atomic E-state index is 12.1. The summed E-state index contributed by atoms with van der Waals surface area (Å²) in [6.45, 7) is 1.97. The summed E-state index contributed by atoms with van der Waals surface area (Å²) < 4.78 is 0. The fourth-order valence-corrected chi connectivity index (χ4v) is 3.75. The fraction of sp³-hybridized carbons (Fsp3) is 0.611. The van der Waals surface area contributed by atoms with Crippen LogP contribution in [0.25, 0.3) is 0 Å². The first kappa shape index (κ1) is 17.3. The minimum absolute atomic E-state index is 0. The van der Waals surface area contributed by atoms with Crippen LogP contribution in [-0.2, 0) is 4.79 Å². The van der Waals surface area contributed by atoms with Crippen molar-refractivity contribution >= 4 is 18.3 Å². The van der Waals surface area contributed by atoms with Crippen molar-refractivity contribution < 1.29 is 4.79 Å². The number of benzene rings is 1. The van der Waals surface area contributed by atoms with Crippen LogP contribution < -0.4 is 10.6 Å². The number of amides is 1. The molecule has 2 fully saturated rings. The molecule has 1 aliphatic heterocycles. The van der Waals surface area contributed by atoms with Crippen LogP contribution >= 0.6 is 12.4 Å². The highest BCUT2D eigenvalue weighted by atomic mass is 35.5. The zero-order valence-corrected chi connectivity index (χ0v) is 13.9. The van der Waals surface area contributed by atoms with E-state index in [0.29, 0.717) is 17.9 Å². The van der Waals surface area contributed by atoms with Crippen LogP contribution in [0, 0.1) is 5.92 Å². The highest BCUT2D eigenvalue weighted by Crippen LogP contribution is 2.36. The second kappa shape index (κ2) is 8.54. The van der Waals surface area contributed by atoms with E-state index in [2.05, 4.69) is 41.0 Å². The van der Waals surface area contributed by atoms with Crippen LogP contribution in [-0.4, -0.2) is 25.0 Å². The zero-order chi connectivity index (χ0) is 14.5. The van der Waals surface area contributed by atoms with Gasteiger partial charge in [0.1, 0.15) is 0 Å². The van der Waals surface area contributed by atoms with Gasteiger partial charge in [-0.15, -0.1) is 12.4 Å². The Hall–Kier alpha value is -1.06. The normalized spacial score (nSPS) is 27.9. The monoisotopic (exact) mass is 322 g/mol. The number of hydrogen-bond donors (Lipinski definition) is 2. The summed E-state index contributed by atoms with van der Waals surface area (Å²) in [6, 6.07) is 11.2. The second-order valence-corrected chi connectivity index (χ2v) is 6.59. The lowest BCUT2D eigenvalue weighted by atomic mass is 9.77. The van der Waals surface area contributed by atoms with E-state index in [4.69, 9.17) is 0 Å². The lowest BCUT2D eigenvalue weighted by molar-refractivity contribution is -0.122. The first-order valence-corrected chi connectivity index (χ1v) is 8.36. The van der Waals surface area contributed by atoms with E-state index in [9.17, 15) is 4.79 Å². The average molecular weight is 323 g/mol.